The van der Waals surface area contributed by atoms with Crippen LogP contribution in [0.1, 0.15) is 79.1 Å². The summed E-state index contributed by atoms with van der Waals surface area (Å²) in [5.74, 6) is -3.89. The second-order valence-electron chi connectivity index (χ2n) is 10.6. The van der Waals surface area contributed by atoms with E-state index in [1.54, 1.807) is 18.2 Å². The Bertz CT molecular complexity index is 1390. The summed E-state index contributed by atoms with van der Waals surface area (Å²) in [6, 6.07) is 1.07. The zero-order chi connectivity index (χ0) is 28.8. The summed E-state index contributed by atoms with van der Waals surface area (Å²) in [7, 11) is 0. The molecule has 2 fully saturated rings. The number of alkyl halides is 5. The number of fused-ring (bicyclic) bond motifs is 1. The Kier molecular flexibility index (Phi) is 7.17. The van der Waals surface area contributed by atoms with Gasteiger partial charge in [0, 0.05) is 25.3 Å². The lowest BCUT2D eigenvalue weighted by atomic mass is 9.82. The molecule has 2 aromatic heterocycles. The molecule has 216 valence electrons. The molecule has 1 aliphatic carbocycles. The van der Waals surface area contributed by atoms with Crippen molar-refractivity contribution in [3.05, 3.63) is 41.0 Å². The fourth-order valence-corrected chi connectivity index (χ4v) is 5.07. The van der Waals surface area contributed by atoms with Gasteiger partial charge in [0.05, 0.1) is 6.54 Å². The van der Waals surface area contributed by atoms with Gasteiger partial charge in [-0.1, -0.05) is 25.1 Å². The first-order valence-electron chi connectivity index (χ1n) is 12.8. The lowest BCUT2D eigenvalue weighted by molar-refractivity contribution is -0.149. The number of hydrogen-bond donors (Lipinski definition) is 2. The molecular formula is C25H27F5N6O4. The van der Waals surface area contributed by atoms with Gasteiger partial charge in [-0.15, -0.1) is 0 Å². The number of rotatable bonds is 7. The molecule has 1 aliphatic heterocycles. The molecular weight excluding hydrogens is 543 g/mol. The van der Waals surface area contributed by atoms with Crippen LogP contribution in [0.5, 0.6) is 0 Å². The van der Waals surface area contributed by atoms with E-state index >= 15 is 0 Å². The third-order valence-corrected chi connectivity index (χ3v) is 7.29. The minimum absolute atomic E-state index is 0.0272. The van der Waals surface area contributed by atoms with Crippen molar-refractivity contribution in [2.75, 3.05) is 6.54 Å². The van der Waals surface area contributed by atoms with Crippen LogP contribution in [0.3, 0.4) is 0 Å². The molecule has 5 rings (SSSR count). The van der Waals surface area contributed by atoms with Crippen molar-refractivity contribution in [3.63, 3.8) is 0 Å². The van der Waals surface area contributed by atoms with Gasteiger partial charge in [0.2, 0.25) is 11.8 Å². The van der Waals surface area contributed by atoms with Crippen LogP contribution < -0.4 is 10.6 Å². The van der Waals surface area contributed by atoms with E-state index in [1.165, 1.54) is 0 Å². The highest BCUT2D eigenvalue weighted by Crippen LogP contribution is 2.42. The minimum Gasteiger partial charge on any atom is -0.438 e. The summed E-state index contributed by atoms with van der Waals surface area (Å²) in [6.07, 6.45) is -5.04. The number of urea groups is 1. The van der Waals surface area contributed by atoms with Gasteiger partial charge in [-0.25, -0.2) is 23.2 Å². The number of hydrogen-bond acceptors (Lipinski definition) is 7. The van der Waals surface area contributed by atoms with Crippen molar-refractivity contribution in [2.24, 2.45) is 5.92 Å². The summed E-state index contributed by atoms with van der Waals surface area (Å²) >= 11 is 0. The Balaban J connectivity index is 1.39. The molecule has 3 aromatic rings. The molecule has 10 nitrogen and oxygen atoms in total. The van der Waals surface area contributed by atoms with Gasteiger partial charge >= 0.3 is 12.2 Å². The number of carbonyl (C=O) groups is 2. The van der Waals surface area contributed by atoms with Crippen LogP contribution in [-0.4, -0.2) is 56.8 Å². The number of oxazole rings is 1. The van der Waals surface area contributed by atoms with E-state index in [1.807, 2.05) is 19.2 Å². The number of amides is 3. The van der Waals surface area contributed by atoms with Gasteiger partial charge in [0.1, 0.15) is 23.3 Å². The molecule has 15 heteroatoms. The molecule has 3 heterocycles. The Morgan fingerprint density at radius 3 is 2.60 bits per heavy atom. The molecule has 3 amide bonds. The molecule has 40 heavy (non-hydrogen) atoms. The van der Waals surface area contributed by atoms with E-state index in [0.29, 0.717) is 22.4 Å². The van der Waals surface area contributed by atoms with Crippen molar-refractivity contribution < 1.29 is 40.6 Å². The SMILES string of the molecule is CC(C)c1nonc1C(=O)NC(c1nc2cc(CN3CC(C(F)(F)F)NC3=O)ccc2o1)C1CCC(F)(F)CC1. The molecule has 2 N–H and O–H groups in total. The smallest absolute Gasteiger partial charge is 0.410 e. The van der Waals surface area contributed by atoms with Crippen LogP contribution >= 0.6 is 0 Å². The number of nitrogens with one attached hydrogen (secondary N) is 2. The van der Waals surface area contributed by atoms with Gasteiger partial charge in [-0.2, -0.15) is 13.2 Å². The van der Waals surface area contributed by atoms with E-state index in [4.69, 9.17) is 9.05 Å². The third kappa shape index (κ3) is 5.72. The first-order chi connectivity index (χ1) is 18.8. The molecule has 0 spiro atoms. The zero-order valence-electron chi connectivity index (χ0n) is 21.6. The second-order valence-corrected chi connectivity index (χ2v) is 10.6. The fourth-order valence-electron chi connectivity index (χ4n) is 5.07. The Morgan fingerprint density at radius 2 is 1.95 bits per heavy atom. The van der Waals surface area contributed by atoms with E-state index < -0.39 is 48.6 Å². The summed E-state index contributed by atoms with van der Waals surface area (Å²) in [5.41, 5.74) is 1.49. The summed E-state index contributed by atoms with van der Waals surface area (Å²) in [6.45, 7) is 3.00. The first-order valence-corrected chi connectivity index (χ1v) is 12.8. The van der Waals surface area contributed by atoms with Crippen molar-refractivity contribution in [1.29, 1.82) is 0 Å². The van der Waals surface area contributed by atoms with E-state index in [9.17, 15) is 31.5 Å². The molecule has 2 unspecified atom stereocenters. The number of aromatic nitrogens is 3. The van der Waals surface area contributed by atoms with Gasteiger partial charge in [-0.05, 0) is 41.6 Å². The van der Waals surface area contributed by atoms with Crippen LogP contribution in [0, 0.1) is 5.92 Å². The predicted molar refractivity (Wildman–Crippen MR) is 128 cm³/mol. The maximum atomic E-state index is 13.9. The molecule has 0 radical (unpaired) electrons. The lowest BCUT2D eigenvalue weighted by Crippen LogP contribution is -2.40. The summed E-state index contributed by atoms with van der Waals surface area (Å²) in [4.78, 5) is 30.8. The second kappa shape index (κ2) is 10.3. The van der Waals surface area contributed by atoms with Gasteiger partial charge in [0.25, 0.3) is 5.91 Å². The van der Waals surface area contributed by atoms with Crippen molar-refractivity contribution >= 4 is 23.0 Å². The topological polar surface area (TPSA) is 126 Å². The quantitative estimate of drug-likeness (QED) is 0.379. The fraction of sp³-hybridized carbons (Fsp3) is 0.560. The highest BCUT2D eigenvalue weighted by Gasteiger charge is 2.47. The highest BCUT2D eigenvalue weighted by molar-refractivity contribution is 5.93. The van der Waals surface area contributed by atoms with E-state index in [0.717, 1.165) is 4.90 Å². The number of benzene rings is 1. The van der Waals surface area contributed by atoms with Crippen LogP contribution in [0.15, 0.2) is 27.2 Å². The van der Waals surface area contributed by atoms with E-state index in [2.05, 4.69) is 20.6 Å². The maximum Gasteiger partial charge on any atom is 0.410 e. The van der Waals surface area contributed by atoms with Gasteiger partial charge < -0.3 is 20.0 Å². The molecule has 2 atom stereocenters. The van der Waals surface area contributed by atoms with Crippen molar-refractivity contribution in [2.45, 2.75) is 76.2 Å². The normalized spacial score (nSPS) is 20.8. The number of nitrogens with zero attached hydrogens (tertiary/aromatic N) is 4. The predicted octanol–water partition coefficient (Wildman–Crippen LogP) is 5.09. The minimum atomic E-state index is -4.56. The number of halogens is 5. The van der Waals surface area contributed by atoms with Crippen molar-refractivity contribution in [1.82, 2.24) is 30.8 Å². The summed E-state index contributed by atoms with van der Waals surface area (Å²) in [5, 5.41) is 12.2. The summed E-state index contributed by atoms with van der Waals surface area (Å²) < 4.78 is 77.6. The lowest BCUT2D eigenvalue weighted by Gasteiger charge is -2.32. The maximum absolute atomic E-state index is 13.9. The Labute approximate surface area is 224 Å². The van der Waals surface area contributed by atoms with Crippen LogP contribution in [0.25, 0.3) is 11.1 Å². The number of carbonyl (C=O) groups excluding carboxylic acids is 2. The van der Waals surface area contributed by atoms with Crippen LogP contribution in [0.2, 0.25) is 0 Å². The van der Waals surface area contributed by atoms with Crippen LogP contribution in [-0.2, 0) is 6.54 Å². The largest absolute Gasteiger partial charge is 0.438 e. The highest BCUT2D eigenvalue weighted by atomic mass is 19.4. The zero-order valence-corrected chi connectivity index (χ0v) is 21.6. The Hall–Kier alpha value is -3.78. The molecule has 1 saturated carbocycles. The average molecular weight is 571 g/mol. The molecule has 1 saturated heterocycles. The molecule has 0 bridgehead atoms. The van der Waals surface area contributed by atoms with Gasteiger partial charge in [0.15, 0.2) is 11.3 Å². The van der Waals surface area contributed by atoms with Crippen molar-refractivity contribution in [3.8, 4) is 0 Å². The first kappa shape index (κ1) is 27.8. The average Bonchev–Trinajstić information content (AvgIpc) is 3.61. The Morgan fingerprint density at radius 1 is 1.23 bits per heavy atom. The standard InChI is InChI=1S/C25H27F5N6O4/c1-12(2)18-20(35-40-34-18)21(37)33-19(14-5-7-24(26,27)8-6-14)22-31-15-9-13(3-4-16(15)39-22)10-36-11-17(25(28,29)30)32-23(36)38/h3-4,9,12,14,17,19H,5-8,10-11H2,1-2H3,(H,32,38)(H,33,37). The van der Waals surface area contributed by atoms with Crippen LogP contribution in [0.4, 0.5) is 26.7 Å². The molecule has 1 aromatic carbocycles. The van der Waals surface area contributed by atoms with Gasteiger partial charge in [-0.3, -0.25) is 4.79 Å². The monoisotopic (exact) mass is 570 g/mol. The third-order valence-electron chi connectivity index (χ3n) is 7.29. The van der Waals surface area contributed by atoms with E-state index in [-0.39, 0.29) is 49.7 Å². The molecule has 2 aliphatic rings.